The number of benzene rings is 1. The number of carbonyl (C=O) groups excluding carboxylic acids is 1. The van der Waals surface area contributed by atoms with Crippen molar-refractivity contribution in [3.8, 4) is 0 Å². The van der Waals surface area contributed by atoms with Crippen LogP contribution in [0.15, 0.2) is 29.6 Å². The number of amides is 1. The van der Waals surface area contributed by atoms with Gasteiger partial charge in [0.15, 0.2) is 0 Å². The van der Waals surface area contributed by atoms with Crippen molar-refractivity contribution in [3.63, 3.8) is 0 Å². The van der Waals surface area contributed by atoms with Crippen LogP contribution in [-0.2, 0) is 6.42 Å². The molecule has 1 heterocycles. The normalized spacial score (nSPS) is 17.6. The Bertz CT molecular complexity index is 644. The smallest absolute Gasteiger partial charge is 0.251 e. The third-order valence-corrected chi connectivity index (χ3v) is 5.12. The quantitative estimate of drug-likeness (QED) is 0.881. The Morgan fingerprint density at radius 1 is 1.25 bits per heavy atom. The Labute approximate surface area is 123 Å². The lowest BCUT2D eigenvalue weighted by Crippen LogP contribution is -2.30. The van der Waals surface area contributed by atoms with Gasteiger partial charge in [0.2, 0.25) is 0 Å². The summed E-state index contributed by atoms with van der Waals surface area (Å²) in [4.78, 5) is 13.8. The summed E-state index contributed by atoms with van der Waals surface area (Å²) in [6.07, 6.45) is 3.36. The number of fused-ring (bicyclic) bond motifs is 1. The molecule has 1 atom stereocenters. The number of thiophene rings is 1. The highest BCUT2D eigenvalue weighted by Crippen LogP contribution is 2.33. The van der Waals surface area contributed by atoms with Crippen molar-refractivity contribution in [3.05, 3.63) is 56.8 Å². The molecule has 0 radical (unpaired) electrons. The Kier molecular flexibility index (Phi) is 3.62. The fourth-order valence-corrected chi connectivity index (χ4v) is 3.75. The van der Waals surface area contributed by atoms with Crippen LogP contribution < -0.4 is 5.32 Å². The molecular weight excluding hydrogens is 266 g/mol. The van der Waals surface area contributed by atoms with Crippen LogP contribution in [0.3, 0.4) is 0 Å². The maximum Gasteiger partial charge on any atom is 0.251 e. The predicted octanol–water partition coefficient (Wildman–Crippen LogP) is 4.17. The molecule has 0 saturated carbocycles. The molecule has 0 saturated heterocycles. The first-order chi connectivity index (χ1) is 9.65. The van der Waals surface area contributed by atoms with Crippen molar-refractivity contribution in [2.24, 2.45) is 0 Å². The predicted molar refractivity (Wildman–Crippen MR) is 83.4 cm³/mol. The molecule has 1 aliphatic rings. The fourth-order valence-electron chi connectivity index (χ4n) is 2.76. The second-order valence-electron chi connectivity index (χ2n) is 5.52. The molecule has 0 unspecified atom stereocenters. The number of hydrogen-bond donors (Lipinski definition) is 1. The van der Waals surface area contributed by atoms with Crippen molar-refractivity contribution >= 4 is 17.2 Å². The zero-order chi connectivity index (χ0) is 14.1. The van der Waals surface area contributed by atoms with Crippen molar-refractivity contribution in [2.75, 3.05) is 0 Å². The summed E-state index contributed by atoms with van der Waals surface area (Å²) < 4.78 is 0. The lowest BCUT2D eigenvalue weighted by molar-refractivity contribution is 0.0933. The minimum absolute atomic E-state index is 0.0390. The molecule has 104 valence electrons. The molecule has 3 heteroatoms. The first-order valence-electron chi connectivity index (χ1n) is 7.09. The first-order valence-corrected chi connectivity index (χ1v) is 7.97. The van der Waals surface area contributed by atoms with E-state index >= 15 is 0 Å². The summed E-state index contributed by atoms with van der Waals surface area (Å²) >= 11 is 1.81. The van der Waals surface area contributed by atoms with Gasteiger partial charge in [0.25, 0.3) is 5.91 Å². The summed E-state index contributed by atoms with van der Waals surface area (Å²) in [6.45, 7) is 4.11. The third-order valence-electron chi connectivity index (χ3n) is 4.13. The van der Waals surface area contributed by atoms with E-state index in [-0.39, 0.29) is 11.9 Å². The van der Waals surface area contributed by atoms with Crippen LogP contribution in [0.1, 0.15) is 50.8 Å². The van der Waals surface area contributed by atoms with E-state index in [2.05, 4.69) is 23.7 Å². The van der Waals surface area contributed by atoms with Crippen molar-refractivity contribution in [1.82, 2.24) is 5.32 Å². The highest BCUT2D eigenvalue weighted by atomic mass is 32.1. The summed E-state index contributed by atoms with van der Waals surface area (Å²) in [5, 5.41) is 5.32. The molecule has 0 bridgehead atoms. The summed E-state index contributed by atoms with van der Waals surface area (Å²) in [7, 11) is 0. The highest BCUT2D eigenvalue weighted by molar-refractivity contribution is 7.10. The van der Waals surface area contributed by atoms with Crippen molar-refractivity contribution < 1.29 is 4.79 Å². The van der Waals surface area contributed by atoms with Gasteiger partial charge in [-0.05, 0) is 73.4 Å². The molecule has 1 amide bonds. The van der Waals surface area contributed by atoms with Gasteiger partial charge in [0, 0.05) is 10.4 Å². The molecule has 20 heavy (non-hydrogen) atoms. The summed E-state index contributed by atoms with van der Waals surface area (Å²) in [6, 6.07) is 8.24. The second-order valence-corrected chi connectivity index (χ2v) is 6.52. The van der Waals surface area contributed by atoms with Crippen LogP contribution in [0.25, 0.3) is 0 Å². The largest absolute Gasteiger partial charge is 0.345 e. The van der Waals surface area contributed by atoms with Gasteiger partial charge in [-0.1, -0.05) is 6.07 Å². The molecule has 0 spiro atoms. The lowest BCUT2D eigenvalue weighted by atomic mass is 9.93. The second kappa shape index (κ2) is 5.41. The summed E-state index contributed by atoms with van der Waals surface area (Å²) in [5.41, 5.74) is 4.46. The van der Waals surface area contributed by atoms with Crippen LogP contribution in [-0.4, -0.2) is 5.91 Å². The lowest BCUT2D eigenvalue weighted by Gasteiger charge is -2.23. The topological polar surface area (TPSA) is 29.1 Å². The van der Waals surface area contributed by atoms with E-state index in [1.807, 2.05) is 25.1 Å². The van der Waals surface area contributed by atoms with Crippen LogP contribution in [0.2, 0.25) is 0 Å². The van der Waals surface area contributed by atoms with E-state index in [0.717, 1.165) is 30.4 Å². The molecule has 2 nitrogen and oxygen atoms in total. The number of carbonyl (C=O) groups is 1. The number of nitrogens with one attached hydrogen (secondary N) is 1. The van der Waals surface area contributed by atoms with Crippen LogP contribution >= 0.6 is 11.3 Å². The molecule has 1 aromatic heterocycles. The zero-order valence-corrected chi connectivity index (χ0v) is 12.7. The van der Waals surface area contributed by atoms with Crippen molar-refractivity contribution in [1.29, 1.82) is 0 Å². The molecule has 0 fully saturated rings. The number of rotatable bonds is 2. The van der Waals surface area contributed by atoms with Gasteiger partial charge in [-0.2, -0.15) is 0 Å². The molecule has 0 aliphatic heterocycles. The van der Waals surface area contributed by atoms with Crippen LogP contribution in [0, 0.1) is 13.8 Å². The Balaban J connectivity index is 1.79. The van der Waals surface area contributed by atoms with E-state index in [4.69, 9.17) is 0 Å². The highest BCUT2D eigenvalue weighted by Gasteiger charge is 2.23. The maximum absolute atomic E-state index is 12.4. The Hall–Kier alpha value is -1.61. The summed E-state index contributed by atoms with van der Waals surface area (Å²) in [5.74, 6) is 0.0390. The molecular formula is C17H19NOS. The standard InChI is InChI=1S/C17H19NOS/c1-11-6-7-13(10-12(11)2)17(19)18-15-4-3-5-16-14(15)8-9-20-16/h6-10,15H,3-5H2,1-2H3,(H,18,19)/t15-/m1/s1. The SMILES string of the molecule is Cc1ccc(C(=O)N[C@@H]2CCCc3sccc32)cc1C. The van der Waals surface area contributed by atoms with Crippen molar-refractivity contribution in [2.45, 2.75) is 39.2 Å². The van der Waals surface area contributed by atoms with Gasteiger partial charge < -0.3 is 5.32 Å². The van der Waals surface area contributed by atoms with Gasteiger partial charge in [0.05, 0.1) is 6.04 Å². The van der Waals surface area contributed by atoms with E-state index < -0.39 is 0 Å². The minimum atomic E-state index is 0.0390. The zero-order valence-electron chi connectivity index (χ0n) is 11.9. The maximum atomic E-state index is 12.4. The van der Waals surface area contributed by atoms with E-state index in [9.17, 15) is 4.79 Å². The average molecular weight is 285 g/mol. The van der Waals surface area contributed by atoms with E-state index in [1.54, 1.807) is 11.3 Å². The number of hydrogen-bond acceptors (Lipinski definition) is 2. The Morgan fingerprint density at radius 3 is 2.90 bits per heavy atom. The van der Waals surface area contributed by atoms with Gasteiger partial charge >= 0.3 is 0 Å². The number of aryl methyl sites for hydroxylation is 3. The van der Waals surface area contributed by atoms with Gasteiger partial charge in [-0.25, -0.2) is 0 Å². The Morgan fingerprint density at radius 2 is 2.10 bits per heavy atom. The van der Waals surface area contributed by atoms with E-state index in [1.165, 1.54) is 16.0 Å². The van der Waals surface area contributed by atoms with Crippen LogP contribution in [0.5, 0.6) is 0 Å². The molecule has 3 rings (SSSR count). The molecule has 1 N–H and O–H groups in total. The monoisotopic (exact) mass is 285 g/mol. The van der Waals surface area contributed by atoms with Crippen LogP contribution in [0.4, 0.5) is 0 Å². The van der Waals surface area contributed by atoms with Gasteiger partial charge in [0.1, 0.15) is 0 Å². The van der Waals surface area contributed by atoms with Gasteiger partial charge in [-0.3, -0.25) is 4.79 Å². The fraction of sp³-hybridized carbons (Fsp3) is 0.353. The molecule has 2 aromatic rings. The van der Waals surface area contributed by atoms with E-state index in [0.29, 0.717) is 0 Å². The first kappa shape index (κ1) is 13.4. The van der Waals surface area contributed by atoms with Gasteiger partial charge in [-0.15, -0.1) is 11.3 Å². The minimum Gasteiger partial charge on any atom is -0.345 e. The molecule has 1 aliphatic carbocycles. The average Bonchev–Trinajstić information content (AvgIpc) is 2.91. The third kappa shape index (κ3) is 2.50. The molecule has 1 aromatic carbocycles.